The van der Waals surface area contributed by atoms with Crippen LogP contribution < -0.4 is 5.32 Å². The van der Waals surface area contributed by atoms with Gasteiger partial charge in [0.2, 0.25) is 0 Å². The first-order valence-electron chi connectivity index (χ1n) is 7.65. The van der Waals surface area contributed by atoms with Crippen LogP contribution in [0.3, 0.4) is 0 Å². The summed E-state index contributed by atoms with van der Waals surface area (Å²) in [4.78, 5) is 17.4. The maximum Gasteiger partial charge on any atom is 0.303 e. The van der Waals surface area contributed by atoms with Gasteiger partial charge in [0, 0.05) is 25.4 Å². The first-order chi connectivity index (χ1) is 10.1. The van der Waals surface area contributed by atoms with E-state index < -0.39 is 5.97 Å². The van der Waals surface area contributed by atoms with Crippen molar-refractivity contribution >= 4 is 5.97 Å². The molecular formula is C16H25N3O2. The van der Waals surface area contributed by atoms with E-state index >= 15 is 0 Å². The topological polar surface area (TPSA) is 65.5 Å². The molecule has 2 N–H and O–H groups in total. The SMILES string of the molecule is CN(CCC1CNCCC1CC(=O)O)Cc1cccnc1. The van der Waals surface area contributed by atoms with E-state index in [1.165, 1.54) is 5.56 Å². The Hall–Kier alpha value is -1.46. The summed E-state index contributed by atoms with van der Waals surface area (Å²) < 4.78 is 0. The van der Waals surface area contributed by atoms with E-state index in [4.69, 9.17) is 5.11 Å². The Kier molecular flexibility index (Phi) is 6.14. The van der Waals surface area contributed by atoms with Crippen molar-refractivity contribution in [1.29, 1.82) is 0 Å². The van der Waals surface area contributed by atoms with Gasteiger partial charge in [0.1, 0.15) is 0 Å². The Balaban J connectivity index is 1.78. The molecule has 0 radical (unpaired) electrons. The molecule has 1 saturated heterocycles. The number of aromatic nitrogens is 1. The fourth-order valence-electron chi connectivity index (χ4n) is 3.08. The van der Waals surface area contributed by atoms with Crippen LogP contribution in [-0.4, -0.2) is 47.6 Å². The van der Waals surface area contributed by atoms with Crippen molar-refractivity contribution in [2.45, 2.75) is 25.8 Å². The van der Waals surface area contributed by atoms with Gasteiger partial charge in [-0.25, -0.2) is 0 Å². The fraction of sp³-hybridized carbons (Fsp3) is 0.625. The molecule has 2 atom stereocenters. The summed E-state index contributed by atoms with van der Waals surface area (Å²) in [5.74, 6) is 0.109. The summed E-state index contributed by atoms with van der Waals surface area (Å²) in [5.41, 5.74) is 1.21. The van der Waals surface area contributed by atoms with E-state index in [0.29, 0.717) is 18.3 Å². The second-order valence-electron chi connectivity index (χ2n) is 6.00. The number of pyridine rings is 1. The zero-order chi connectivity index (χ0) is 15.1. The van der Waals surface area contributed by atoms with E-state index in [0.717, 1.165) is 39.0 Å². The molecule has 5 nitrogen and oxygen atoms in total. The number of nitrogens with zero attached hydrogens (tertiary/aromatic N) is 2. The van der Waals surface area contributed by atoms with Gasteiger partial charge in [-0.05, 0) is 63.0 Å². The van der Waals surface area contributed by atoms with Gasteiger partial charge in [-0.1, -0.05) is 6.07 Å². The fourth-order valence-corrected chi connectivity index (χ4v) is 3.08. The number of carboxylic acids is 1. The number of carbonyl (C=O) groups is 1. The minimum Gasteiger partial charge on any atom is -0.481 e. The number of hydrogen-bond acceptors (Lipinski definition) is 4. The van der Waals surface area contributed by atoms with Gasteiger partial charge in [-0.15, -0.1) is 0 Å². The summed E-state index contributed by atoms with van der Waals surface area (Å²) in [6.07, 6.45) is 6.00. The van der Waals surface area contributed by atoms with Crippen molar-refractivity contribution in [1.82, 2.24) is 15.2 Å². The van der Waals surface area contributed by atoms with Gasteiger partial charge in [0.15, 0.2) is 0 Å². The monoisotopic (exact) mass is 291 g/mol. The summed E-state index contributed by atoms with van der Waals surface area (Å²) in [7, 11) is 2.11. The minimum atomic E-state index is -0.671. The zero-order valence-corrected chi connectivity index (χ0v) is 12.7. The van der Waals surface area contributed by atoms with Crippen LogP contribution in [-0.2, 0) is 11.3 Å². The Labute approximate surface area is 126 Å². The number of nitrogens with one attached hydrogen (secondary N) is 1. The molecule has 21 heavy (non-hydrogen) atoms. The molecule has 1 aliphatic heterocycles. The lowest BCUT2D eigenvalue weighted by Crippen LogP contribution is -2.39. The molecular weight excluding hydrogens is 266 g/mol. The molecule has 0 aromatic carbocycles. The molecule has 0 amide bonds. The highest BCUT2D eigenvalue weighted by molar-refractivity contribution is 5.67. The standard InChI is InChI=1S/C16H25N3O2/c1-19(12-13-3-2-6-17-10-13)8-5-15-11-18-7-4-14(15)9-16(20)21/h2-3,6,10,14-15,18H,4-5,7-9,11-12H2,1H3,(H,20,21). The molecule has 1 aromatic heterocycles. The highest BCUT2D eigenvalue weighted by Gasteiger charge is 2.26. The second kappa shape index (κ2) is 8.10. The Morgan fingerprint density at radius 2 is 2.38 bits per heavy atom. The number of rotatable bonds is 7. The molecule has 2 rings (SSSR count). The predicted molar refractivity (Wildman–Crippen MR) is 81.9 cm³/mol. The van der Waals surface area contributed by atoms with E-state index in [-0.39, 0.29) is 0 Å². The highest BCUT2D eigenvalue weighted by Crippen LogP contribution is 2.25. The Bertz CT molecular complexity index is 438. The first-order valence-corrected chi connectivity index (χ1v) is 7.65. The Morgan fingerprint density at radius 1 is 1.52 bits per heavy atom. The maximum absolute atomic E-state index is 11.0. The third-order valence-electron chi connectivity index (χ3n) is 4.26. The summed E-state index contributed by atoms with van der Waals surface area (Å²) in [6, 6.07) is 4.04. The van der Waals surface area contributed by atoms with Gasteiger partial charge >= 0.3 is 5.97 Å². The van der Waals surface area contributed by atoms with Crippen molar-refractivity contribution in [2.24, 2.45) is 11.8 Å². The molecule has 0 bridgehead atoms. The predicted octanol–water partition coefficient (Wildman–Crippen LogP) is 1.60. The lowest BCUT2D eigenvalue weighted by atomic mass is 9.82. The van der Waals surface area contributed by atoms with E-state index in [2.05, 4.69) is 28.3 Å². The lowest BCUT2D eigenvalue weighted by molar-refractivity contribution is -0.138. The normalized spacial score (nSPS) is 22.4. The second-order valence-corrected chi connectivity index (χ2v) is 6.00. The third kappa shape index (κ3) is 5.44. The summed E-state index contributed by atoms with van der Waals surface area (Å²) in [5, 5.41) is 12.4. The summed E-state index contributed by atoms with van der Waals surface area (Å²) in [6.45, 7) is 3.76. The third-order valence-corrected chi connectivity index (χ3v) is 4.26. The molecule has 5 heteroatoms. The van der Waals surface area contributed by atoms with E-state index in [9.17, 15) is 4.79 Å². The molecule has 2 unspecified atom stereocenters. The first kappa shape index (κ1) is 15.9. The maximum atomic E-state index is 11.0. The number of aliphatic carboxylic acids is 1. The molecule has 1 aromatic rings. The van der Waals surface area contributed by atoms with Gasteiger partial charge < -0.3 is 15.3 Å². The van der Waals surface area contributed by atoms with Crippen molar-refractivity contribution in [3.63, 3.8) is 0 Å². The quantitative estimate of drug-likeness (QED) is 0.799. The lowest BCUT2D eigenvalue weighted by Gasteiger charge is -2.32. The molecule has 1 aliphatic rings. The van der Waals surface area contributed by atoms with Crippen LogP contribution >= 0.6 is 0 Å². The van der Waals surface area contributed by atoms with Crippen molar-refractivity contribution in [3.05, 3.63) is 30.1 Å². The van der Waals surface area contributed by atoms with Crippen LogP contribution in [0, 0.1) is 11.8 Å². The molecule has 1 fully saturated rings. The van der Waals surface area contributed by atoms with Crippen molar-refractivity contribution in [3.8, 4) is 0 Å². The van der Waals surface area contributed by atoms with Gasteiger partial charge in [0.05, 0.1) is 0 Å². The smallest absolute Gasteiger partial charge is 0.303 e. The van der Waals surface area contributed by atoms with E-state index in [1.807, 2.05) is 12.3 Å². The molecule has 0 spiro atoms. The van der Waals surface area contributed by atoms with Crippen LogP contribution in [0.2, 0.25) is 0 Å². The van der Waals surface area contributed by atoms with Crippen LogP contribution in [0.4, 0.5) is 0 Å². The van der Waals surface area contributed by atoms with Gasteiger partial charge in [0.25, 0.3) is 0 Å². The average Bonchev–Trinajstić information content (AvgIpc) is 2.47. The van der Waals surface area contributed by atoms with Crippen LogP contribution in [0.1, 0.15) is 24.8 Å². The zero-order valence-electron chi connectivity index (χ0n) is 12.7. The Morgan fingerprint density at radius 3 is 3.10 bits per heavy atom. The van der Waals surface area contributed by atoms with Gasteiger partial charge in [-0.2, -0.15) is 0 Å². The van der Waals surface area contributed by atoms with Crippen molar-refractivity contribution < 1.29 is 9.90 Å². The largest absolute Gasteiger partial charge is 0.481 e. The molecule has 2 heterocycles. The van der Waals surface area contributed by atoms with E-state index in [1.54, 1.807) is 6.20 Å². The number of carboxylic acid groups (broad SMARTS) is 1. The minimum absolute atomic E-state index is 0.304. The average molecular weight is 291 g/mol. The van der Waals surface area contributed by atoms with Gasteiger partial charge in [-0.3, -0.25) is 9.78 Å². The number of hydrogen-bond donors (Lipinski definition) is 2. The van der Waals surface area contributed by atoms with Crippen LogP contribution in [0.15, 0.2) is 24.5 Å². The van der Waals surface area contributed by atoms with Crippen molar-refractivity contribution in [2.75, 3.05) is 26.7 Å². The molecule has 116 valence electrons. The molecule has 0 aliphatic carbocycles. The number of piperidine rings is 1. The summed E-state index contributed by atoms with van der Waals surface area (Å²) >= 11 is 0. The molecule has 0 saturated carbocycles. The van der Waals surface area contributed by atoms with Crippen LogP contribution in [0.5, 0.6) is 0 Å². The highest BCUT2D eigenvalue weighted by atomic mass is 16.4. The van der Waals surface area contributed by atoms with Crippen LogP contribution in [0.25, 0.3) is 0 Å².